The number of benzene rings is 1. The Bertz CT molecular complexity index is 546. The lowest BCUT2D eigenvalue weighted by Crippen LogP contribution is -2.12. The number of carbonyl (C=O) groups is 1. The van der Waals surface area contributed by atoms with Crippen LogP contribution in [0, 0.1) is 6.92 Å². The molecule has 0 fully saturated rings. The molecule has 0 bridgehead atoms. The highest BCUT2D eigenvalue weighted by Gasteiger charge is 2.05. The Labute approximate surface area is 117 Å². The Kier molecular flexibility index (Phi) is 4.68. The number of anilines is 1. The van der Waals surface area contributed by atoms with E-state index < -0.39 is 0 Å². The highest BCUT2D eigenvalue weighted by molar-refractivity contribution is 7.15. The van der Waals surface area contributed by atoms with Crippen LogP contribution in [0.5, 0.6) is 0 Å². The summed E-state index contributed by atoms with van der Waals surface area (Å²) in [6, 6.07) is 8.44. The summed E-state index contributed by atoms with van der Waals surface area (Å²) >= 11 is 1.50. The second-order valence-corrected chi connectivity index (χ2v) is 5.73. The van der Waals surface area contributed by atoms with E-state index in [1.54, 1.807) is 6.20 Å². The molecule has 0 saturated heterocycles. The summed E-state index contributed by atoms with van der Waals surface area (Å²) in [5.41, 5.74) is 2.52. The van der Waals surface area contributed by atoms with E-state index in [1.165, 1.54) is 22.5 Å². The number of thiazole rings is 1. The maximum Gasteiger partial charge on any atom is 0.226 e. The second-order valence-electron chi connectivity index (χ2n) is 4.49. The van der Waals surface area contributed by atoms with Crippen molar-refractivity contribution in [3.63, 3.8) is 0 Å². The van der Waals surface area contributed by atoms with Crippen LogP contribution in [0.2, 0.25) is 0 Å². The minimum absolute atomic E-state index is 0.0221. The van der Waals surface area contributed by atoms with Gasteiger partial charge < -0.3 is 5.32 Å². The molecule has 0 aliphatic heterocycles. The summed E-state index contributed by atoms with van der Waals surface area (Å²) in [5, 5.41) is 3.51. The van der Waals surface area contributed by atoms with E-state index >= 15 is 0 Å². The van der Waals surface area contributed by atoms with E-state index in [2.05, 4.69) is 41.5 Å². The van der Waals surface area contributed by atoms with Gasteiger partial charge in [-0.05, 0) is 30.9 Å². The van der Waals surface area contributed by atoms with Crippen molar-refractivity contribution in [2.75, 3.05) is 5.32 Å². The molecule has 1 amide bonds. The summed E-state index contributed by atoms with van der Waals surface area (Å²) in [6.07, 6.45) is 4.07. The zero-order valence-corrected chi connectivity index (χ0v) is 12.1. The Morgan fingerprint density at radius 1 is 1.26 bits per heavy atom. The van der Waals surface area contributed by atoms with E-state index in [0.29, 0.717) is 11.6 Å². The summed E-state index contributed by atoms with van der Waals surface area (Å²) in [6.45, 7) is 4.11. The van der Waals surface area contributed by atoms with E-state index in [-0.39, 0.29) is 5.91 Å². The van der Waals surface area contributed by atoms with Crippen LogP contribution in [-0.4, -0.2) is 10.9 Å². The van der Waals surface area contributed by atoms with Crippen molar-refractivity contribution in [3.05, 3.63) is 46.5 Å². The fourth-order valence-corrected chi connectivity index (χ4v) is 2.47. The third-order valence-electron chi connectivity index (χ3n) is 2.94. The van der Waals surface area contributed by atoms with Crippen LogP contribution in [0.15, 0.2) is 30.5 Å². The topological polar surface area (TPSA) is 42.0 Å². The van der Waals surface area contributed by atoms with Gasteiger partial charge in [0, 0.05) is 17.5 Å². The first-order chi connectivity index (χ1) is 9.17. The van der Waals surface area contributed by atoms with Gasteiger partial charge in [-0.1, -0.05) is 31.2 Å². The smallest absolute Gasteiger partial charge is 0.226 e. The minimum Gasteiger partial charge on any atom is -0.302 e. The summed E-state index contributed by atoms with van der Waals surface area (Å²) in [7, 11) is 0. The zero-order chi connectivity index (χ0) is 13.7. The summed E-state index contributed by atoms with van der Waals surface area (Å²) in [4.78, 5) is 17.0. The standard InChI is InChI=1S/C15H18N2OS/c1-3-12-4-6-13(7-5-12)8-9-14(18)17-15-16-10-11(2)19-15/h4-7,10H,3,8-9H2,1-2H3,(H,16,17,18). The molecule has 100 valence electrons. The lowest BCUT2D eigenvalue weighted by molar-refractivity contribution is -0.116. The number of nitrogens with zero attached hydrogens (tertiary/aromatic N) is 1. The van der Waals surface area contributed by atoms with E-state index in [0.717, 1.165) is 17.7 Å². The van der Waals surface area contributed by atoms with Crippen LogP contribution in [0.4, 0.5) is 5.13 Å². The quantitative estimate of drug-likeness (QED) is 0.905. The lowest BCUT2D eigenvalue weighted by Gasteiger charge is -2.03. The van der Waals surface area contributed by atoms with Crippen molar-refractivity contribution in [2.24, 2.45) is 0 Å². The minimum atomic E-state index is 0.0221. The van der Waals surface area contributed by atoms with Crippen LogP contribution >= 0.6 is 11.3 Å². The van der Waals surface area contributed by atoms with Gasteiger partial charge >= 0.3 is 0 Å². The molecule has 1 N–H and O–H groups in total. The number of aromatic nitrogens is 1. The average Bonchev–Trinajstić information content (AvgIpc) is 2.82. The maximum atomic E-state index is 11.8. The van der Waals surface area contributed by atoms with Crippen LogP contribution in [-0.2, 0) is 17.6 Å². The molecule has 1 heterocycles. The molecule has 0 saturated carbocycles. The predicted molar refractivity (Wildman–Crippen MR) is 79.6 cm³/mol. The molecular weight excluding hydrogens is 256 g/mol. The maximum absolute atomic E-state index is 11.8. The molecule has 0 atom stereocenters. The Morgan fingerprint density at radius 2 is 1.95 bits per heavy atom. The van der Waals surface area contributed by atoms with Gasteiger partial charge in [0.2, 0.25) is 5.91 Å². The van der Waals surface area contributed by atoms with Gasteiger partial charge in [-0.2, -0.15) is 0 Å². The number of rotatable bonds is 5. The average molecular weight is 274 g/mol. The first-order valence-corrected chi connectivity index (χ1v) is 7.29. The van der Waals surface area contributed by atoms with Gasteiger partial charge in [-0.3, -0.25) is 4.79 Å². The summed E-state index contributed by atoms with van der Waals surface area (Å²) < 4.78 is 0. The van der Waals surface area contributed by atoms with Gasteiger partial charge in [0.15, 0.2) is 5.13 Å². The molecule has 3 nitrogen and oxygen atoms in total. The molecule has 0 aliphatic rings. The van der Waals surface area contributed by atoms with Gasteiger partial charge in [-0.25, -0.2) is 4.98 Å². The van der Waals surface area contributed by atoms with E-state index in [1.807, 2.05) is 6.92 Å². The molecule has 2 aromatic rings. The summed E-state index contributed by atoms with van der Waals surface area (Å²) in [5.74, 6) is 0.0221. The zero-order valence-electron chi connectivity index (χ0n) is 11.3. The molecule has 0 aliphatic carbocycles. The van der Waals surface area contributed by atoms with Gasteiger partial charge in [-0.15, -0.1) is 11.3 Å². The van der Waals surface area contributed by atoms with Crippen molar-refractivity contribution < 1.29 is 4.79 Å². The largest absolute Gasteiger partial charge is 0.302 e. The van der Waals surface area contributed by atoms with Crippen LogP contribution in [0.25, 0.3) is 0 Å². The first kappa shape index (κ1) is 13.7. The van der Waals surface area contributed by atoms with Crippen LogP contribution < -0.4 is 5.32 Å². The molecule has 0 unspecified atom stereocenters. The Balaban J connectivity index is 1.82. The fourth-order valence-electron chi connectivity index (χ4n) is 1.79. The number of amides is 1. The molecule has 1 aromatic heterocycles. The van der Waals surface area contributed by atoms with E-state index in [9.17, 15) is 4.79 Å². The van der Waals surface area contributed by atoms with Crippen molar-refractivity contribution in [1.29, 1.82) is 0 Å². The molecular formula is C15H18N2OS. The molecule has 2 rings (SSSR count). The molecule has 0 radical (unpaired) electrons. The monoisotopic (exact) mass is 274 g/mol. The number of nitrogens with one attached hydrogen (secondary N) is 1. The normalized spacial score (nSPS) is 10.4. The highest BCUT2D eigenvalue weighted by atomic mass is 32.1. The van der Waals surface area contributed by atoms with Gasteiger partial charge in [0.25, 0.3) is 0 Å². The van der Waals surface area contributed by atoms with Crippen LogP contribution in [0.3, 0.4) is 0 Å². The van der Waals surface area contributed by atoms with Crippen LogP contribution in [0.1, 0.15) is 29.3 Å². The van der Waals surface area contributed by atoms with E-state index in [4.69, 9.17) is 0 Å². The van der Waals surface area contributed by atoms with Gasteiger partial charge in [0.05, 0.1) is 0 Å². The number of hydrogen-bond donors (Lipinski definition) is 1. The number of aryl methyl sites for hydroxylation is 3. The second kappa shape index (κ2) is 6.48. The Morgan fingerprint density at radius 3 is 2.53 bits per heavy atom. The predicted octanol–water partition coefficient (Wildman–Crippen LogP) is 3.59. The first-order valence-electron chi connectivity index (χ1n) is 6.47. The molecule has 4 heteroatoms. The highest BCUT2D eigenvalue weighted by Crippen LogP contribution is 2.17. The molecule has 1 aromatic carbocycles. The fraction of sp³-hybridized carbons (Fsp3) is 0.333. The van der Waals surface area contributed by atoms with Gasteiger partial charge in [0.1, 0.15) is 0 Å². The molecule has 19 heavy (non-hydrogen) atoms. The SMILES string of the molecule is CCc1ccc(CCC(=O)Nc2ncc(C)s2)cc1. The molecule has 0 spiro atoms. The van der Waals surface area contributed by atoms with Crippen molar-refractivity contribution in [2.45, 2.75) is 33.1 Å². The Hall–Kier alpha value is -1.68. The van der Waals surface area contributed by atoms with Crippen molar-refractivity contribution in [1.82, 2.24) is 4.98 Å². The number of carbonyl (C=O) groups excluding carboxylic acids is 1. The number of hydrogen-bond acceptors (Lipinski definition) is 3. The van der Waals surface area contributed by atoms with Crippen molar-refractivity contribution in [3.8, 4) is 0 Å². The third-order valence-corrected chi connectivity index (χ3v) is 3.77. The lowest BCUT2D eigenvalue weighted by atomic mass is 10.1. The van der Waals surface area contributed by atoms with Crippen molar-refractivity contribution >= 4 is 22.4 Å². The third kappa shape index (κ3) is 4.17.